The van der Waals surface area contributed by atoms with E-state index in [1.807, 2.05) is 6.92 Å². The molecular formula is C21H18F2N2O2S. The van der Waals surface area contributed by atoms with Gasteiger partial charge in [-0.2, -0.15) is 5.26 Å². The Morgan fingerprint density at radius 2 is 1.89 bits per heavy atom. The number of hydrogen-bond acceptors (Lipinski definition) is 5. The summed E-state index contributed by atoms with van der Waals surface area (Å²) in [5, 5.41) is 9.79. The van der Waals surface area contributed by atoms with Crippen LogP contribution in [0.4, 0.5) is 8.78 Å². The molecule has 0 amide bonds. The average molecular weight is 400 g/mol. The Morgan fingerprint density at radius 1 is 1.18 bits per heavy atom. The van der Waals surface area contributed by atoms with Crippen LogP contribution in [-0.2, 0) is 12.5 Å². The molecule has 7 heteroatoms. The summed E-state index contributed by atoms with van der Waals surface area (Å²) in [7, 11) is 1.50. The Hall–Kier alpha value is -2.98. The van der Waals surface area contributed by atoms with Crippen molar-refractivity contribution in [3.63, 3.8) is 0 Å². The zero-order valence-corrected chi connectivity index (χ0v) is 16.4. The van der Waals surface area contributed by atoms with Gasteiger partial charge in [0.05, 0.1) is 23.2 Å². The molecule has 0 saturated heterocycles. The predicted octanol–water partition coefficient (Wildman–Crippen LogP) is 5.69. The summed E-state index contributed by atoms with van der Waals surface area (Å²) in [5.74, 6) is -1.83. The molecule has 0 bridgehead atoms. The molecule has 0 radical (unpaired) electrons. The fraction of sp³-hybridized carbons (Fsp3) is 0.238. The van der Waals surface area contributed by atoms with Crippen LogP contribution in [0.1, 0.15) is 28.6 Å². The van der Waals surface area contributed by atoms with Crippen LogP contribution in [0.25, 0.3) is 10.6 Å². The Bertz CT molecular complexity index is 1020. The van der Waals surface area contributed by atoms with Gasteiger partial charge in [-0.25, -0.2) is 13.8 Å². The summed E-state index contributed by atoms with van der Waals surface area (Å²) in [6, 6.07) is 13.2. The first-order chi connectivity index (χ1) is 13.3. The Kier molecular flexibility index (Phi) is 5.61. The van der Waals surface area contributed by atoms with Gasteiger partial charge in [0.25, 0.3) is 5.92 Å². The molecule has 0 aliphatic heterocycles. The molecule has 0 spiro atoms. The van der Waals surface area contributed by atoms with Crippen molar-refractivity contribution < 1.29 is 18.3 Å². The lowest BCUT2D eigenvalue weighted by molar-refractivity contribution is 0.0175. The van der Waals surface area contributed by atoms with Gasteiger partial charge in [0, 0.05) is 24.1 Å². The van der Waals surface area contributed by atoms with Gasteiger partial charge in [0.2, 0.25) is 0 Å². The summed E-state index contributed by atoms with van der Waals surface area (Å²) >= 11 is 1.46. The second-order valence-corrected chi connectivity index (χ2v) is 7.34. The molecule has 0 aliphatic rings. The molecule has 3 aromatic rings. The molecular weight excluding hydrogens is 382 g/mol. The summed E-state index contributed by atoms with van der Waals surface area (Å²) in [6.45, 7) is 3.07. The summed E-state index contributed by atoms with van der Waals surface area (Å²) in [5.41, 5.74) is 2.02. The standard InChI is InChI=1S/C21H18F2N2O2S/c1-13-19(12-27-17-9-6-15(11-24)18(10-17)26-3)28-20(25-13)14-4-7-16(8-5-14)21(2,22)23/h4-10H,12H2,1-3H3. The molecule has 1 aromatic heterocycles. The van der Waals surface area contributed by atoms with Crippen LogP contribution in [0.15, 0.2) is 42.5 Å². The third kappa shape index (κ3) is 4.29. The SMILES string of the molecule is COc1cc(OCc2sc(-c3ccc(C(C)(F)F)cc3)nc2C)ccc1C#N. The van der Waals surface area contributed by atoms with Crippen molar-refractivity contribution in [3.05, 3.63) is 64.2 Å². The molecule has 28 heavy (non-hydrogen) atoms. The normalized spacial score (nSPS) is 11.1. The van der Waals surface area contributed by atoms with Crippen molar-refractivity contribution in [2.75, 3.05) is 7.11 Å². The number of halogens is 2. The number of nitriles is 1. The molecule has 0 fully saturated rings. The monoisotopic (exact) mass is 400 g/mol. The fourth-order valence-electron chi connectivity index (χ4n) is 2.59. The number of rotatable bonds is 6. The van der Waals surface area contributed by atoms with Gasteiger partial charge in [-0.05, 0) is 19.1 Å². The van der Waals surface area contributed by atoms with E-state index in [0.29, 0.717) is 23.7 Å². The highest BCUT2D eigenvalue weighted by atomic mass is 32.1. The molecule has 2 aromatic carbocycles. The summed E-state index contributed by atoms with van der Waals surface area (Å²) in [6.07, 6.45) is 0. The van der Waals surface area contributed by atoms with E-state index in [-0.39, 0.29) is 5.56 Å². The van der Waals surface area contributed by atoms with Gasteiger partial charge in [0.15, 0.2) is 0 Å². The summed E-state index contributed by atoms with van der Waals surface area (Å²) < 4.78 is 37.7. The number of methoxy groups -OCH3 is 1. The number of nitrogens with zero attached hydrogens (tertiary/aromatic N) is 2. The quantitative estimate of drug-likeness (QED) is 0.533. The van der Waals surface area contributed by atoms with Crippen LogP contribution in [0.2, 0.25) is 0 Å². The third-order valence-corrected chi connectivity index (χ3v) is 5.37. The second kappa shape index (κ2) is 7.95. The first kappa shape index (κ1) is 19.8. The van der Waals surface area contributed by atoms with Gasteiger partial charge >= 0.3 is 0 Å². The van der Waals surface area contributed by atoms with Gasteiger partial charge in [0.1, 0.15) is 29.2 Å². The van der Waals surface area contributed by atoms with Crippen molar-refractivity contribution in [2.24, 2.45) is 0 Å². The Labute approximate surface area is 166 Å². The molecule has 0 saturated carbocycles. The van der Waals surface area contributed by atoms with Crippen LogP contribution < -0.4 is 9.47 Å². The largest absolute Gasteiger partial charge is 0.495 e. The number of aromatic nitrogens is 1. The van der Waals surface area contributed by atoms with Crippen LogP contribution in [0.3, 0.4) is 0 Å². The maximum atomic E-state index is 13.4. The maximum absolute atomic E-state index is 13.4. The van der Waals surface area contributed by atoms with Gasteiger partial charge in [-0.15, -0.1) is 11.3 Å². The maximum Gasteiger partial charge on any atom is 0.270 e. The Morgan fingerprint density at radius 3 is 2.50 bits per heavy atom. The molecule has 0 atom stereocenters. The zero-order valence-electron chi connectivity index (χ0n) is 15.6. The van der Waals surface area contributed by atoms with Crippen LogP contribution in [0, 0.1) is 18.3 Å². The van der Waals surface area contributed by atoms with Crippen molar-refractivity contribution in [3.8, 4) is 28.1 Å². The number of alkyl halides is 2. The van der Waals surface area contributed by atoms with E-state index in [0.717, 1.165) is 28.1 Å². The van der Waals surface area contributed by atoms with E-state index < -0.39 is 5.92 Å². The molecule has 4 nitrogen and oxygen atoms in total. The minimum Gasteiger partial charge on any atom is -0.495 e. The lowest BCUT2D eigenvalue weighted by Crippen LogP contribution is -2.06. The third-order valence-electron chi connectivity index (χ3n) is 4.19. The highest BCUT2D eigenvalue weighted by Gasteiger charge is 2.24. The number of hydrogen-bond donors (Lipinski definition) is 0. The minimum atomic E-state index is -2.86. The molecule has 0 aliphatic carbocycles. The number of aryl methyl sites for hydroxylation is 1. The van der Waals surface area contributed by atoms with Crippen molar-refractivity contribution >= 4 is 11.3 Å². The van der Waals surface area contributed by atoms with Gasteiger partial charge < -0.3 is 9.47 Å². The topological polar surface area (TPSA) is 55.1 Å². The lowest BCUT2D eigenvalue weighted by Gasteiger charge is -2.10. The van der Waals surface area contributed by atoms with Crippen molar-refractivity contribution in [1.29, 1.82) is 5.26 Å². The lowest BCUT2D eigenvalue weighted by atomic mass is 10.1. The summed E-state index contributed by atoms with van der Waals surface area (Å²) in [4.78, 5) is 5.46. The predicted molar refractivity (Wildman–Crippen MR) is 104 cm³/mol. The highest BCUT2D eigenvalue weighted by molar-refractivity contribution is 7.15. The molecule has 1 heterocycles. The smallest absolute Gasteiger partial charge is 0.270 e. The van der Waals surface area contributed by atoms with Gasteiger partial charge in [-0.1, -0.05) is 24.3 Å². The molecule has 3 rings (SSSR count). The van der Waals surface area contributed by atoms with Gasteiger partial charge in [-0.3, -0.25) is 0 Å². The van der Waals surface area contributed by atoms with E-state index in [1.165, 1.54) is 30.6 Å². The van der Waals surface area contributed by atoms with E-state index in [9.17, 15) is 8.78 Å². The van der Waals surface area contributed by atoms with Crippen LogP contribution in [0.5, 0.6) is 11.5 Å². The number of thiazole rings is 1. The van der Waals surface area contributed by atoms with Crippen molar-refractivity contribution in [2.45, 2.75) is 26.4 Å². The van der Waals surface area contributed by atoms with Crippen LogP contribution >= 0.6 is 11.3 Å². The average Bonchev–Trinajstić information content (AvgIpc) is 3.06. The van der Waals surface area contributed by atoms with E-state index in [4.69, 9.17) is 14.7 Å². The first-order valence-electron chi connectivity index (χ1n) is 8.48. The van der Waals surface area contributed by atoms with E-state index >= 15 is 0 Å². The molecule has 0 N–H and O–H groups in total. The minimum absolute atomic E-state index is 0.0251. The number of ether oxygens (including phenoxy) is 2. The fourth-order valence-corrected chi connectivity index (χ4v) is 3.57. The van der Waals surface area contributed by atoms with E-state index in [1.54, 1.807) is 30.3 Å². The Balaban J connectivity index is 1.75. The first-order valence-corrected chi connectivity index (χ1v) is 9.29. The second-order valence-electron chi connectivity index (χ2n) is 6.26. The number of benzene rings is 2. The molecule has 144 valence electrons. The van der Waals surface area contributed by atoms with Crippen molar-refractivity contribution in [1.82, 2.24) is 4.98 Å². The van der Waals surface area contributed by atoms with E-state index in [2.05, 4.69) is 11.1 Å². The van der Waals surface area contributed by atoms with Crippen LogP contribution in [-0.4, -0.2) is 12.1 Å². The zero-order chi connectivity index (χ0) is 20.3. The highest BCUT2D eigenvalue weighted by Crippen LogP contribution is 2.32. The molecule has 0 unspecified atom stereocenters.